The number of rotatable bonds is 4. The number of amides is 1. The average molecular weight is 342 g/mol. The molecule has 132 valence electrons. The van der Waals surface area contributed by atoms with Crippen LogP contribution in [0.1, 0.15) is 11.1 Å². The van der Waals surface area contributed by atoms with E-state index in [4.69, 9.17) is 0 Å². The maximum Gasteiger partial charge on any atom is 0.279 e. The summed E-state index contributed by atoms with van der Waals surface area (Å²) in [4.78, 5) is 15.9. The van der Waals surface area contributed by atoms with E-state index in [9.17, 15) is 9.18 Å². The molecule has 0 atom stereocenters. The number of carbonyl (C=O) groups excluding carboxylic acids is 1. The van der Waals surface area contributed by atoms with Gasteiger partial charge in [-0.15, -0.1) is 0 Å². The van der Waals surface area contributed by atoms with Crippen LogP contribution in [-0.2, 0) is 4.79 Å². The van der Waals surface area contributed by atoms with E-state index >= 15 is 0 Å². The summed E-state index contributed by atoms with van der Waals surface area (Å²) in [5.74, 6) is -0.361. The third kappa shape index (κ3) is 4.37. The van der Waals surface area contributed by atoms with Crippen LogP contribution in [0.4, 0.5) is 15.8 Å². The first-order valence-corrected chi connectivity index (χ1v) is 8.73. The maximum absolute atomic E-state index is 13.6. The Morgan fingerprint density at radius 3 is 2.52 bits per heavy atom. The van der Waals surface area contributed by atoms with E-state index in [0.29, 0.717) is 17.8 Å². The fourth-order valence-electron chi connectivity index (χ4n) is 3.26. The summed E-state index contributed by atoms with van der Waals surface area (Å²) in [7, 11) is 0. The van der Waals surface area contributed by atoms with Crippen molar-refractivity contribution in [1.29, 1.82) is 0 Å². The minimum absolute atomic E-state index is 0.0670. The van der Waals surface area contributed by atoms with E-state index < -0.39 is 0 Å². The van der Waals surface area contributed by atoms with Gasteiger partial charge in [0.05, 0.1) is 26.2 Å². The molecule has 0 aliphatic carbocycles. The van der Waals surface area contributed by atoms with Crippen LogP contribution in [0.5, 0.6) is 0 Å². The van der Waals surface area contributed by atoms with Crippen LogP contribution in [-0.4, -0.2) is 38.6 Å². The van der Waals surface area contributed by atoms with Crippen molar-refractivity contribution in [1.82, 2.24) is 0 Å². The van der Waals surface area contributed by atoms with Gasteiger partial charge in [-0.2, -0.15) is 0 Å². The molecule has 1 aliphatic heterocycles. The predicted octanol–water partition coefficient (Wildman–Crippen LogP) is 1.79. The molecule has 0 unspecified atom stereocenters. The number of halogens is 1. The van der Waals surface area contributed by atoms with Crippen LogP contribution in [0.2, 0.25) is 0 Å². The Morgan fingerprint density at radius 2 is 1.84 bits per heavy atom. The molecule has 1 heterocycles. The average Bonchev–Trinajstić information content (AvgIpc) is 2.59. The molecule has 4 nitrogen and oxygen atoms in total. The molecule has 0 bridgehead atoms. The lowest BCUT2D eigenvalue weighted by Crippen LogP contribution is -3.15. The Hall–Kier alpha value is -2.40. The van der Waals surface area contributed by atoms with Crippen LogP contribution in [0.3, 0.4) is 0 Å². The molecular weight excluding hydrogens is 317 g/mol. The van der Waals surface area contributed by atoms with Crippen molar-refractivity contribution in [3.05, 3.63) is 59.4 Å². The summed E-state index contributed by atoms with van der Waals surface area (Å²) in [6, 6.07) is 13.2. The molecule has 25 heavy (non-hydrogen) atoms. The zero-order valence-electron chi connectivity index (χ0n) is 14.8. The van der Waals surface area contributed by atoms with Gasteiger partial charge in [-0.25, -0.2) is 4.39 Å². The highest BCUT2D eigenvalue weighted by molar-refractivity contribution is 5.91. The van der Waals surface area contributed by atoms with E-state index in [2.05, 4.69) is 41.4 Å². The van der Waals surface area contributed by atoms with Gasteiger partial charge in [-0.3, -0.25) is 4.79 Å². The smallest absolute Gasteiger partial charge is 0.279 e. The van der Waals surface area contributed by atoms with Gasteiger partial charge in [0.2, 0.25) is 0 Å². The number of aryl methyl sites for hydroxylation is 2. The Kier molecular flexibility index (Phi) is 5.34. The Balaban J connectivity index is 1.51. The summed E-state index contributed by atoms with van der Waals surface area (Å²) in [5.41, 5.74) is 3.66. The number of piperazine rings is 1. The van der Waals surface area contributed by atoms with Crippen molar-refractivity contribution >= 4 is 17.3 Å². The number of hydrogen-bond donors (Lipinski definition) is 2. The summed E-state index contributed by atoms with van der Waals surface area (Å²) >= 11 is 0. The zero-order valence-corrected chi connectivity index (χ0v) is 14.8. The first-order valence-electron chi connectivity index (χ1n) is 8.73. The molecule has 0 spiro atoms. The van der Waals surface area contributed by atoms with Crippen molar-refractivity contribution in [2.45, 2.75) is 13.8 Å². The third-order valence-corrected chi connectivity index (χ3v) is 4.79. The normalized spacial score (nSPS) is 15.2. The number of benzene rings is 2. The van der Waals surface area contributed by atoms with Crippen LogP contribution in [0, 0.1) is 19.7 Å². The Labute approximate surface area is 148 Å². The molecule has 0 radical (unpaired) electrons. The summed E-state index contributed by atoms with van der Waals surface area (Å²) in [5, 5.41) is 2.80. The number of carbonyl (C=O) groups is 1. The first-order chi connectivity index (χ1) is 12.0. The maximum atomic E-state index is 13.6. The number of nitrogens with zero attached hydrogens (tertiary/aromatic N) is 1. The number of hydrogen-bond acceptors (Lipinski definition) is 2. The zero-order chi connectivity index (χ0) is 17.8. The summed E-state index contributed by atoms with van der Waals surface area (Å²) < 4.78 is 13.6. The van der Waals surface area contributed by atoms with Gasteiger partial charge in [0.1, 0.15) is 5.82 Å². The minimum atomic E-state index is -0.294. The van der Waals surface area contributed by atoms with Gasteiger partial charge >= 0.3 is 0 Å². The van der Waals surface area contributed by atoms with Crippen molar-refractivity contribution < 1.29 is 14.1 Å². The highest BCUT2D eigenvalue weighted by atomic mass is 19.1. The van der Waals surface area contributed by atoms with E-state index in [1.165, 1.54) is 22.2 Å². The fourth-order valence-corrected chi connectivity index (χ4v) is 3.26. The topological polar surface area (TPSA) is 36.8 Å². The second kappa shape index (κ2) is 7.66. The quantitative estimate of drug-likeness (QED) is 0.889. The van der Waals surface area contributed by atoms with E-state index in [1.807, 2.05) is 0 Å². The monoisotopic (exact) mass is 342 g/mol. The van der Waals surface area contributed by atoms with Gasteiger partial charge in [0.25, 0.3) is 5.91 Å². The predicted molar refractivity (Wildman–Crippen MR) is 98.7 cm³/mol. The van der Waals surface area contributed by atoms with Crippen molar-refractivity contribution in [3.8, 4) is 0 Å². The van der Waals surface area contributed by atoms with Crippen LogP contribution in [0.25, 0.3) is 0 Å². The highest BCUT2D eigenvalue weighted by Crippen LogP contribution is 2.18. The Morgan fingerprint density at radius 1 is 1.12 bits per heavy atom. The highest BCUT2D eigenvalue weighted by Gasteiger charge is 2.23. The van der Waals surface area contributed by atoms with E-state index in [0.717, 1.165) is 26.2 Å². The number of para-hydroxylation sites is 1. The van der Waals surface area contributed by atoms with E-state index in [-0.39, 0.29) is 11.7 Å². The van der Waals surface area contributed by atoms with E-state index in [1.54, 1.807) is 19.1 Å². The van der Waals surface area contributed by atoms with Gasteiger partial charge in [-0.05, 0) is 43.2 Å². The van der Waals surface area contributed by atoms with Crippen LogP contribution in [0.15, 0.2) is 42.5 Å². The molecule has 1 amide bonds. The first kappa shape index (κ1) is 17.4. The lowest BCUT2D eigenvalue weighted by molar-refractivity contribution is -0.892. The standard InChI is InChI=1S/C20H24FN3O/c1-15-7-8-17(13-18(15)21)22-20(25)14-23-9-11-24(12-10-23)19-6-4-3-5-16(19)2/h3-8,13H,9-12,14H2,1-2H3,(H,22,25)/p+1. The lowest BCUT2D eigenvalue weighted by Gasteiger charge is -2.34. The molecule has 0 saturated carbocycles. The third-order valence-electron chi connectivity index (χ3n) is 4.79. The van der Waals surface area contributed by atoms with Crippen molar-refractivity contribution in [2.24, 2.45) is 0 Å². The van der Waals surface area contributed by atoms with Crippen molar-refractivity contribution in [2.75, 3.05) is 42.9 Å². The molecule has 0 aromatic heterocycles. The molecular formula is C20H25FN3O+. The largest absolute Gasteiger partial charge is 0.360 e. The van der Waals surface area contributed by atoms with Crippen molar-refractivity contribution in [3.63, 3.8) is 0 Å². The van der Waals surface area contributed by atoms with Gasteiger partial charge in [0, 0.05) is 11.4 Å². The van der Waals surface area contributed by atoms with Gasteiger partial charge < -0.3 is 15.1 Å². The molecule has 1 saturated heterocycles. The second-order valence-electron chi connectivity index (χ2n) is 6.71. The Bertz CT molecular complexity index is 754. The summed E-state index contributed by atoms with van der Waals surface area (Å²) in [6.07, 6.45) is 0. The molecule has 2 aromatic rings. The number of nitrogens with one attached hydrogen (secondary N) is 2. The van der Waals surface area contributed by atoms with Gasteiger partial charge in [0.15, 0.2) is 6.54 Å². The lowest BCUT2D eigenvalue weighted by atomic mass is 10.1. The van der Waals surface area contributed by atoms with Crippen LogP contribution < -0.4 is 15.1 Å². The van der Waals surface area contributed by atoms with Gasteiger partial charge in [-0.1, -0.05) is 24.3 Å². The molecule has 3 rings (SSSR count). The number of anilines is 2. The fraction of sp³-hybridized carbons (Fsp3) is 0.350. The SMILES string of the molecule is Cc1ccc(NC(=O)C[NH+]2CCN(c3ccccc3C)CC2)cc1F. The molecule has 1 fully saturated rings. The summed E-state index contributed by atoms with van der Waals surface area (Å²) in [6.45, 7) is 7.96. The molecule has 5 heteroatoms. The minimum Gasteiger partial charge on any atom is -0.360 e. The second-order valence-corrected chi connectivity index (χ2v) is 6.71. The molecule has 2 N–H and O–H groups in total. The molecule has 2 aromatic carbocycles. The van der Waals surface area contributed by atoms with Crippen LogP contribution >= 0.6 is 0 Å². The number of quaternary nitrogens is 1. The molecule has 1 aliphatic rings.